The third-order valence-electron chi connectivity index (χ3n) is 3.50. The van der Waals surface area contributed by atoms with E-state index in [1.54, 1.807) is 18.2 Å². The first kappa shape index (κ1) is 24.5. The summed E-state index contributed by atoms with van der Waals surface area (Å²) in [6.45, 7) is 11.7. The summed E-state index contributed by atoms with van der Waals surface area (Å²) in [6.07, 6.45) is -5.64. The smallest absolute Gasteiger partial charge is 0.471 e. The van der Waals surface area contributed by atoms with E-state index in [0.29, 0.717) is 22.0 Å². The monoisotopic (exact) mass is 437 g/mol. The van der Waals surface area contributed by atoms with Gasteiger partial charge in [-0.2, -0.15) is 13.2 Å². The second-order valence-electron chi connectivity index (χ2n) is 8.53. The minimum Gasteiger partial charge on any atom is -0.542 e. The second-order valence-corrected chi connectivity index (χ2v) is 17.4. The number of halogens is 3. The summed E-state index contributed by atoms with van der Waals surface area (Å²) in [5.74, 6) is -0.840. The zero-order chi connectivity index (χ0) is 21.9. The molecular weight excluding hydrogens is 407 g/mol. The molecule has 0 fully saturated rings. The van der Waals surface area contributed by atoms with Gasteiger partial charge in [-0.05, 0) is 57.0 Å². The van der Waals surface area contributed by atoms with Gasteiger partial charge in [-0.15, -0.1) is 0 Å². The Morgan fingerprint density at radius 3 is 2.07 bits per heavy atom. The van der Waals surface area contributed by atoms with Gasteiger partial charge < -0.3 is 18.5 Å². The van der Waals surface area contributed by atoms with Crippen molar-refractivity contribution in [2.24, 2.45) is 0 Å². The van der Waals surface area contributed by atoms with Crippen LogP contribution in [0.3, 0.4) is 0 Å². The Labute approximate surface area is 167 Å². The van der Waals surface area contributed by atoms with E-state index in [-0.39, 0.29) is 6.54 Å². The molecule has 28 heavy (non-hydrogen) atoms. The number of ether oxygens (including phenoxy) is 1. The van der Waals surface area contributed by atoms with E-state index in [9.17, 15) is 18.0 Å². The molecule has 0 saturated heterocycles. The highest BCUT2D eigenvalue weighted by Gasteiger charge is 2.42. The summed E-state index contributed by atoms with van der Waals surface area (Å²) in [4.78, 5) is 12.2. The van der Waals surface area contributed by atoms with Crippen LogP contribution in [0.15, 0.2) is 18.2 Å². The minimum atomic E-state index is -4.93. The number of nitrogens with zero attached hydrogens (tertiary/aromatic N) is 1. The van der Waals surface area contributed by atoms with Crippen LogP contribution in [0.2, 0.25) is 39.3 Å². The zero-order valence-electron chi connectivity index (χ0n) is 17.7. The van der Waals surface area contributed by atoms with Gasteiger partial charge in [0.05, 0.1) is 13.2 Å². The summed E-state index contributed by atoms with van der Waals surface area (Å²) in [5.41, 5.74) is 0.629. The van der Waals surface area contributed by atoms with Gasteiger partial charge in [-0.25, -0.2) is 0 Å². The van der Waals surface area contributed by atoms with Crippen molar-refractivity contribution >= 4 is 22.5 Å². The Morgan fingerprint density at radius 2 is 1.64 bits per heavy atom. The average molecular weight is 438 g/mol. The fraction of sp³-hybridized carbons (Fsp3) is 0.611. The minimum absolute atomic E-state index is 0.222. The number of hydrogen-bond acceptors (Lipinski definition) is 4. The Hall–Kier alpha value is -1.53. The average Bonchev–Trinajstić information content (AvgIpc) is 2.50. The topological polar surface area (TPSA) is 48.0 Å². The van der Waals surface area contributed by atoms with E-state index in [1.165, 1.54) is 7.11 Å². The maximum atomic E-state index is 12.8. The lowest BCUT2D eigenvalue weighted by molar-refractivity contribution is -0.185. The number of carbonyl (C=O) groups is 1. The quantitative estimate of drug-likeness (QED) is 0.547. The Balaban J connectivity index is 3.22. The van der Waals surface area contributed by atoms with E-state index in [4.69, 9.17) is 13.6 Å². The van der Waals surface area contributed by atoms with Crippen molar-refractivity contribution in [1.29, 1.82) is 0 Å². The van der Waals surface area contributed by atoms with Crippen LogP contribution in [-0.2, 0) is 9.22 Å². The van der Waals surface area contributed by atoms with Crippen molar-refractivity contribution in [1.82, 2.24) is 4.90 Å². The number of rotatable bonds is 8. The van der Waals surface area contributed by atoms with Crippen LogP contribution in [0.25, 0.3) is 0 Å². The molecule has 160 valence electrons. The Morgan fingerprint density at radius 1 is 1.07 bits per heavy atom. The van der Waals surface area contributed by atoms with Gasteiger partial charge >= 0.3 is 12.1 Å². The summed E-state index contributed by atoms with van der Waals surface area (Å²) >= 11 is 0. The Bertz CT molecular complexity index is 685. The van der Waals surface area contributed by atoms with Gasteiger partial charge in [-0.1, -0.05) is 6.07 Å². The van der Waals surface area contributed by atoms with Crippen LogP contribution < -0.4 is 9.16 Å². The number of hydrogen-bond donors (Lipinski definition) is 0. The molecule has 10 heteroatoms. The lowest BCUT2D eigenvalue weighted by atomic mass is 10.1. The maximum absolute atomic E-state index is 12.8. The highest BCUT2D eigenvalue weighted by Crippen LogP contribution is 2.34. The first-order valence-electron chi connectivity index (χ1n) is 8.90. The molecule has 0 N–H and O–H groups in total. The fourth-order valence-corrected chi connectivity index (χ4v) is 4.38. The molecule has 1 unspecified atom stereocenters. The number of alkyl halides is 3. The number of methoxy groups -OCH3 is 1. The lowest BCUT2D eigenvalue weighted by Crippen LogP contribution is -2.42. The van der Waals surface area contributed by atoms with E-state index in [1.807, 2.05) is 39.3 Å². The first-order chi connectivity index (χ1) is 12.5. The molecular formula is C18H30F3NO4Si2. The Kier molecular flexibility index (Phi) is 7.77. The van der Waals surface area contributed by atoms with E-state index < -0.39 is 34.8 Å². The molecule has 1 aromatic carbocycles. The van der Waals surface area contributed by atoms with Crippen LogP contribution in [0.1, 0.15) is 11.7 Å². The van der Waals surface area contributed by atoms with E-state index in [2.05, 4.69) is 0 Å². The van der Waals surface area contributed by atoms with Crippen molar-refractivity contribution in [3.05, 3.63) is 23.8 Å². The molecule has 0 aliphatic carbocycles. The molecule has 0 spiro atoms. The first-order valence-corrected chi connectivity index (χ1v) is 15.7. The van der Waals surface area contributed by atoms with Crippen molar-refractivity contribution in [3.8, 4) is 11.5 Å². The molecule has 1 atom stereocenters. The number of likely N-dealkylation sites (N-methyl/N-ethyl adjacent to an activating group) is 1. The predicted octanol–water partition coefficient (Wildman–Crippen LogP) is 4.82. The molecule has 5 nitrogen and oxygen atoms in total. The van der Waals surface area contributed by atoms with Gasteiger partial charge in [-0.3, -0.25) is 4.79 Å². The molecule has 0 heterocycles. The zero-order valence-corrected chi connectivity index (χ0v) is 19.7. The van der Waals surface area contributed by atoms with Crippen molar-refractivity contribution in [3.63, 3.8) is 0 Å². The van der Waals surface area contributed by atoms with Gasteiger partial charge in [0, 0.05) is 13.6 Å². The van der Waals surface area contributed by atoms with Crippen LogP contribution in [-0.4, -0.2) is 54.3 Å². The standard InChI is InChI=1S/C18H30F3NO4Si2/c1-22(17(23)18(19,20)21)12-16(26-28(6,7)8)13-9-10-14(15(11-13)24-2)25-27(3,4)5/h9-11,16H,12H2,1-8H3. The number of carbonyl (C=O) groups excluding carboxylic acids is 1. The van der Waals surface area contributed by atoms with Crippen molar-refractivity contribution < 1.29 is 31.6 Å². The molecule has 0 aliphatic heterocycles. The van der Waals surface area contributed by atoms with E-state index >= 15 is 0 Å². The SMILES string of the molecule is COc1cc(C(CN(C)C(=O)C(F)(F)F)O[Si](C)(C)C)ccc1O[Si](C)(C)C. The highest BCUT2D eigenvalue weighted by molar-refractivity contribution is 6.70. The van der Waals surface area contributed by atoms with Gasteiger partial charge in [0.25, 0.3) is 0 Å². The predicted molar refractivity (Wildman–Crippen MR) is 108 cm³/mol. The third-order valence-corrected chi connectivity index (χ3v) is 5.32. The summed E-state index contributed by atoms with van der Waals surface area (Å²) in [5, 5.41) is 0. The number of benzene rings is 1. The molecule has 0 bridgehead atoms. The molecule has 1 rings (SSSR count). The van der Waals surface area contributed by atoms with Gasteiger partial charge in [0.15, 0.2) is 14.1 Å². The molecule has 0 aromatic heterocycles. The molecule has 1 aromatic rings. The normalized spacial score (nSPS) is 13.8. The van der Waals surface area contributed by atoms with Crippen molar-refractivity contribution in [2.45, 2.75) is 51.6 Å². The summed E-state index contributed by atoms with van der Waals surface area (Å²) in [6, 6.07) is 5.18. The lowest BCUT2D eigenvalue weighted by Gasteiger charge is -2.31. The second kappa shape index (κ2) is 8.87. The van der Waals surface area contributed by atoms with Crippen LogP contribution in [0, 0.1) is 0 Å². The number of amides is 1. The molecule has 0 aliphatic rings. The molecule has 0 radical (unpaired) electrons. The summed E-state index contributed by atoms with van der Waals surface area (Å²) < 4.78 is 55.8. The summed E-state index contributed by atoms with van der Waals surface area (Å²) in [7, 11) is -1.36. The third kappa shape index (κ3) is 7.84. The van der Waals surface area contributed by atoms with Crippen LogP contribution >= 0.6 is 0 Å². The van der Waals surface area contributed by atoms with Crippen LogP contribution in [0.4, 0.5) is 13.2 Å². The maximum Gasteiger partial charge on any atom is 0.471 e. The van der Waals surface area contributed by atoms with Gasteiger partial charge in [0.2, 0.25) is 8.32 Å². The largest absolute Gasteiger partial charge is 0.542 e. The molecule has 0 saturated carbocycles. The van der Waals surface area contributed by atoms with E-state index in [0.717, 1.165) is 7.05 Å². The fourth-order valence-electron chi connectivity index (χ4n) is 2.48. The van der Waals surface area contributed by atoms with Gasteiger partial charge in [0.1, 0.15) is 5.75 Å². The van der Waals surface area contributed by atoms with Crippen molar-refractivity contribution in [2.75, 3.05) is 20.7 Å². The van der Waals surface area contributed by atoms with Crippen LogP contribution in [0.5, 0.6) is 11.5 Å². The molecule has 1 amide bonds. The highest BCUT2D eigenvalue weighted by atomic mass is 28.4.